The molecule has 0 saturated carbocycles. The molecule has 0 radical (unpaired) electrons. The van der Waals surface area contributed by atoms with Crippen LogP contribution in [0, 0.1) is 6.92 Å². The van der Waals surface area contributed by atoms with Gasteiger partial charge < -0.3 is 5.32 Å². The van der Waals surface area contributed by atoms with Crippen LogP contribution in [0.5, 0.6) is 0 Å². The van der Waals surface area contributed by atoms with Crippen LogP contribution in [-0.4, -0.2) is 16.1 Å². The van der Waals surface area contributed by atoms with Gasteiger partial charge in [-0.2, -0.15) is 0 Å². The van der Waals surface area contributed by atoms with Crippen LogP contribution in [0.3, 0.4) is 0 Å². The number of nitrogens with zero attached hydrogens (tertiary/aromatic N) is 2. The second kappa shape index (κ2) is 5.06. The van der Waals surface area contributed by atoms with Crippen molar-refractivity contribution < 1.29 is 0 Å². The Balaban J connectivity index is 2.42. The van der Waals surface area contributed by atoms with Crippen molar-refractivity contribution in [2.75, 3.05) is 11.9 Å². The molecule has 0 amide bonds. The molecule has 2 aromatic rings. The standard InChI is InChI=1S/C13H14ClN3/c1-3-6-15-13-16-7-8-17(13)12-9-10(2)4-5-11(12)14/h3-5,7-9H,1,6H2,2H3,(H,15,16). The molecule has 0 fully saturated rings. The van der Waals surface area contributed by atoms with Crippen LogP contribution in [0.25, 0.3) is 5.69 Å². The third-order valence-electron chi connectivity index (χ3n) is 2.41. The first kappa shape index (κ1) is 11.7. The largest absolute Gasteiger partial charge is 0.352 e. The molecule has 2 rings (SSSR count). The number of hydrogen-bond donors (Lipinski definition) is 1. The molecule has 1 heterocycles. The van der Waals surface area contributed by atoms with Gasteiger partial charge in [-0.15, -0.1) is 6.58 Å². The van der Waals surface area contributed by atoms with E-state index in [-0.39, 0.29) is 0 Å². The molecule has 0 saturated heterocycles. The molecule has 0 aliphatic heterocycles. The third-order valence-corrected chi connectivity index (χ3v) is 2.73. The van der Waals surface area contributed by atoms with E-state index in [2.05, 4.69) is 16.9 Å². The van der Waals surface area contributed by atoms with Gasteiger partial charge in [0.25, 0.3) is 0 Å². The Bertz CT molecular complexity index is 531. The van der Waals surface area contributed by atoms with Crippen molar-refractivity contribution in [2.24, 2.45) is 0 Å². The molecule has 4 heteroatoms. The molecule has 0 spiro atoms. The highest BCUT2D eigenvalue weighted by Gasteiger charge is 2.07. The van der Waals surface area contributed by atoms with Crippen molar-refractivity contribution in [3.05, 3.63) is 53.8 Å². The van der Waals surface area contributed by atoms with Gasteiger partial charge in [0, 0.05) is 18.9 Å². The summed E-state index contributed by atoms with van der Waals surface area (Å²) in [5.74, 6) is 0.761. The zero-order chi connectivity index (χ0) is 12.3. The van der Waals surface area contributed by atoms with E-state index in [1.54, 1.807) is 12.3 Å². The van der Waals surface area contributed by atoms with E-state index in [1.807, 2.05) is 35.9 Å². The number of aryl methyl sites for hydroxylation is 1. The van der Waals surface area contributed by atoms with E-state index in [4.69, 9.17) is 11.6 Å². The molecule has 0 atom stereocenters. The summed E-state index contributed by atoms with van der Waals surface area (Å²) in [5, 5.41) is 3.87. The summed E-state index contributed by atoms with van der Waals surface area (Å²) in [4.78, 5) is 4.25. The number of rotatable bonds is 4. The zero-order valence-corrected chi connectivity index (χ0v) is 10.4. The van der Waals surface area contributed by atoms with Crippen LogP contribution in [0.4, 0.5) is 5.95 Å². The first-order chi connectivity index (χ1) is 8.22. The molecule has 1 N–H and O–H groups in total. The minimum Gasteiger partial charge on any atom is -0.352 e. The van der Waals surface area contributed by atoms with Crippen molar-refractivity contribution in [3.8, 4) is 5.69 Å². The maximum absolute atomic E-state index is 6.20. The van der Waals surface area contributed by atoms with E-state index < -0.39 is 0 Å². The molecule has 0 unspecified atom stereocenters. The number of nitrogens with one attached hydrogen (secondary N) is 1. The average Bonchev–Trinajstić information content (AvgIpc) is 2.77. The Kier molecular flexibility index (Phi) is 3.49. The molecule has 1 aromatic heterocycles. The Labute approximate surface area is 106 Å². The summed E-state index contributed by atoms with van der Waals surface area (Å²) < 4.78 is 1.93. The topological polar surface area (TPSA) is 29.9 Å². The van der Waals surface area contributed by atoms with Gasteiger partial charge in [0.05, 0.1) is 10.7 Å². The number of aromatic nitrogens is 2. The van der Waals surface area contributed by atoms with Gasteiger partial charge in [-0.25, -0.2) is 4.98 Å². The van der Waals surface area contributed by atoms with Crippen LogP contribution in [-0.2, 0) is 0 Å². The second-order valence-electron chi connectivity index (χ2n) is 3.75. The van der Waals surface area contributed by atoms with Crippen molar-refractivity contribution in [1.29, 1.82) is 0 Å². The lowest BCUT2D eigenvalue weighted by atomic mass is 10.2. The van der Waals surface area contributed by atoms with E-state index in [1.165, 1.54) is 0 Å². The normalized spacial score (nSPS) is 10.2. The van der Waals surface area contributed by atoms with Crippen LogP contribution in [0.2, 0.25) is 5.02 Å². The summed E-state index contributed by atoms with van der Waals surface area (Å²) in [7, 11) is 0. The number of benzene rings is 1. The van der Waals surface area contributed by atoms with Gasteiger partial charge in [0.2, 0.25) is 5.95 Å². The van der Waals surface area contributed by atoms with Crippen LogP contribution in [0.15, 0.2) is 43.2 Å². The minimum absolute atomic E-state index is 0.667. The van der Waals surface area contributed by atoms with Crippen LogP contribution in [0.1, 0.15) is 5.56 Å². The number of hydrogen-bond acceptors (Lipinski definition) is 2. The van der Waals surface area contributed by atoms with Crippen molar-refractivity contribution in [1.82, 2.24) is 9.55 Å². The van der Waals surface area contributed by atoms with E-state index in [0.717, 1.165) is 17.2 Å². The molecule has 88 valence electrons. The number of halogens is 1. The SMILES string of the molecule is C=CCNc1nccn1-c1cc(C)ccc1Cl. The summed E-state index contributed by atoms with van der Waals surface area (Å²) in [5.41, 5.74) is 2.09. The van der Waals surface area contributed by atoms with Gasteiger partial charge in [-0.1, -0.05) is 23.7 Å². The summed E-state index contributed by atoms with van der Waals surface area (Å²) in [6.45, 7) is 6.37. The lowest BCUT2D eigenvalue weighted by molar-refractivity contribution is 1.04. The van der Waals surface area contributed by atoms with E-state index in [0.29, 0.717) is 11.6 Å². The van der Waals surface area contributed by atoms with E-state index >= 15 is 0 Å². The average molecular weight is 248 g/mol. The molecule has 0 bridgehead atoms. The third kappa shape index (κ3) is 2.50. The summed E-state index contributed by atoms with van der Waals surface area (Å²) >= 11 is 6.20. The van der Waals surface area contributed by atoms with E-state index in [9.17, 15) is 0 Å². The highest BCUT2D eigenvalue weighted by atomic mass is 35.5. The van der Waals surface area contributed by atoms with Crippen LogP contribution >= 0.6 is 11.6 Å². The smallest absolute Gasteiger partial charge is 0.207 e. The molecular formula is C13H14ClN3. The number of anilines is 1. The highest BCUT2D eigenvalue weighted by molar-refractivity contribution is 6.32. The first-order valence-electron chi connectivity index (χ1n) is 5.37. The molecule has 1 aromatic carbocycles. The van der Waals surface area contributed by atoms with Crippen LogP contribution < -0.4 is 5.32 Å². The maximum Gasteiger partial charge on any atom is 0.207 e. The number of imidazole rings is 1. The van der Waals surface area contributed by atoms with Gasteiger partial charge in [-0.05, 0) is 24.6 Å². The van der Waals surface area contributed by atoms with Gasteiger partial charge in [0.15, 0.2) is 0 Å². The molecular weight excluding hydrogens is 234 g/mol. The van der Waals surface area contributed by atoms with Gasteiger partial charge >= 0.3 is 0 Å². The Morgan fingerprint density at radius 3 is 3.12 bits per heavy atom. The fraction of sp³-hybridized carbons (Fsp3) is 0.154. The lowest BCUT2D eigenvalue weighted by Crippen LogP contribution is -2.06. The Morgan fingerprint density at radius 2 is 2.35 bits per heavy atom. The fourth-order valence-electron chi connectivity index (χ4n) is 1.60. The highest BCUT2D eigenvalue weighted by Crippen LogP contribution is 2.24. The fourth-order valence-corrected chi connectivity index (χ4v) is 1.81. The summed E-state index contributed by atoms with van der Waals surface area (Å²) in [6, 6.07) is 5.91. The van der Waals surface area contributed by atoms with Crippen molar-refractivity contribution in [2.45, 2.75) is 6.92 Å². The first-order valence-corrected chi connectivity index (χ1v) is 5.75. The molecule has 0 aliphatic carbocycles. The monoisotopic (exact) mass is 247 g/mol. The van der Waals surface area contributed by atoms with Crippen molar-refractivity contribution >= 4 is 17.5 Å². The van der Waals surface area contributed by atoms with Crippen molar-refractivity contribution in [3.63, 3.8) is 0 Å². The van der Waals surface area contributed by atoms with Gasteiger partial charge in [0.1, 0.15) is 0 Å². The predicted octanol–water partition coefficient (Wildman–Crippen LogP) is 3.43. The molecule has 3 nitrogen and oxygen atoms in total. The van der Waals surface area contributed by atoms with Gasteiger partial charge in [-0.3, -0.25) is 4.57 Å². The maximum atomic E-state index is 6.20. The Morgan fingerprint density at radius 1 is 1.53 bits per heavy atom. The lowest BCUT2D eigenvalue weighted by Gasteiger charge is -2.10. The molecule has 17 heavy (non-hydrogen) atoms. The zero-order valence-electron chi connectivity index (χ0n) is 9.65. The minimum atomic E-state index is 0.667. The predicted molar refractivity (Wildman–Crippen MR) is 72.0 cm³/mol. The quantitative estimate of drug-likeness (QED) is 0.839. The second-order valence-corrected chi connectivity index (χ2v) is 4.15. The Hall–Kier alpha value is -1.74. The summed E-state index contributed by atoms with van der Waals surface area (Å²) in [6.07, 6.45) is 5.41. The molecule has 0 aliphatic rings.